The van der Waals surface area contributed by atoms with E-state index in [0.29, 0.717) is 30.3 Å². The van der Waals surface area contributed by atoms with E-state index >= 15 is 0 Å². The second-order valence-corrected chi connectivity index (χ2v) is 9.05. The van der Waals surface area contributed by atoms with Crippen molar-refractivity contribution in [3.8, 4) is 16.3 Å². The highest BCUT2D eigenvalue weighted by Crippen LogP contribution is 2.36. The van der Waals surface area contributed by atoms with Gasteiger partial charge < -0.3 is 14.8 Å². The van der Waals surface area contributed by atoms with Gasteiger partial charge in [-0.25, -0.2) is 4.79 Å². The highest BCUT2D eigenvalue weighted by molar-refractivity contribution is 7.14. The van der Waals surface area contributed by atoms with E-state index in [1.54, 1.807) is 49.6 Å². The zero-order valence-electron chi connectivity index (χ0n) is 19.3. The lowest BCUT2D eigenvalue weighted by Gasteiger charge is -2.30. The lowest BCUT2D eigenvalue weighted by Crippen LogP contribution is -2.38. The van der Waals surface area contributed by atoms with Crippen LogP contribution in [0.25, 0.3) is 10.6 Å². The first-order valence-electron chi connectivity index (χ1n) is 11.3. The Bertz CT molecular complexity index is 1120. The Morgan fingerprint density at radius 1 is 1.09 bits per heavy atom. The van der Waals surface area contributed by atoms with E-state index in [9.17, 15) is 9.59 Å². The molecular formula is C25H28N4O4S. The number of carbonyl (C=O) groups is 2. The van der Waals surface area contributed by atoms with Crippen LogP contribution in [0.3, 0.4) is 0 Å². The number of amides is 1. The first-order valence-corrected chi connectivity index (χ1v) is 12.1. The van der Waals surface area contributed by atoms with Crippen LogP contribution in [-0.2, 0) is 9.53 Å². The van der Waals surface area contributed by atoms with Crippen molar-refractivity contribution in [2.24, 2.45) is 0 Å². The van der Waals surface area contributed by atoms with Crippen molar-refractivity contribution in [1.82, 2.24) is 15.1 Å². The van der Waals surface area contributed by atoms with Crippen LogP contribution in [0.2, 0.25) is 0 Å². The van der Waals surface area contributed by atoms with Gasteiger partial charge >= 0.3 is 5.97 Å². The molecule has 1 aliphatic heterocycles. The number of aromatic nitrogens is 2. The monoisotopic (exact) mass is 480 g/mol. The van der Waals surface area contributed by atoms with E-state index in [0.717, 1.165) is 47.3 Å². The van der Waals surface area contributed by atoms with E-state index < -0.39 is 0 Å². The Kier molecular flexibility index (Phi) is 7.87. The number of esters is 1. The highest BCUT2D eigenvalue weighted by atomic mass is 32.1. The minimum atomic E-state index is -0.367. The fourth-order valence-corrected chi connectivity index (χ4v) is 5.02. The van der Waals surface area contributed by atoms with Gasteiger partial charge in [-0.2, -0.15) is 0 Å². The van der Waals surface area contributed by atoms with Crippen LogP contribution in [0.15, 0.2) is 48.5 Å². The Morgan fingerprint density at radius 3 is 2.53 bits per heavy atom. The van der Waals surface area contributed by atoms with E-state index in [2.05, 4.69) is 20.4 Å². The maximum Gasteiger partial charge on any atom is 0.338 e. The summed E-state index contributed by atoms with van der Waals surface area (Å²) in [6.45, 7) is 4.07. The van der Waals surface area contributed by atoms with Crippen molar-refractivity contribution in [3.05, 3.63) is 59.1 Å². The van der Waals surface area contributed by atoms with Crippen molar-refractivity contribution < 1.29 is 19.1 Å². The summed E-state index contributed by atoms with van der Waals surface area (Å²) in [5.74, 6) is 0.697. The normalized spacial score (nSPS) is 14.5. The van der Waals surface area contributed by atoms with Crippen LogP contribution in [0.1, 0.15) is 41.0 Å². The first kappa shape index (κ1) is 23.8. The molecule has 34 heavy (non-hydrogen) atoms. The molecule has 0 aliphatic carbocycles. The average Bonchev–Trinajstić information content (AvgIpc) is 3.35. The van der Waals surface area contributed by atoms with Gasteiger partial charge in [0.05, 0.1) is 31.4 Å². The van der Waals surface area contributed by atoms with Gasteiger partial charge in [0.2, 0.25) is 5.91 Å². The predicted molar refractivity (Wildman–Crippen MR) is 131 cm³/mol. The van der Waals surface area contributed by atoms with Gasteiger partial charge in [0.15, 0.2) is 5.01 Å². The van der Waals surface area contributed by atoms with Gasteiger partial charge in [-0.15, -0.1) is 10.2 Å². The minimum absolute atomic E-state index is 0.0725. The van der Waals surface area contributed by atoms with Crippen LogP contribution in [0.4, 0.5) is 5.69 Å². The molecule has 0 unspecified atom stereocenters. The SMILES string of the molecule is CCOC(=O)c1ccc(NC(=O)CN2CCC(c3nnc(-c4ccccc4OC)s3)CC2)cc1. The van der Waals surface area contributed by atoms with Gasteiger partial charge in [0.25, 0.3) is 0 Å². The number of ether oxygens (including phenoxy) is 2. The van der Waals surface area contributed by atoms with Crippen molar-refractivity contribution in [1.29, 1.82) is 0 Å². The number of benzene rings is 2. The number of para-hydroxylation sites is 1. The molecule has 2 aromatic carbocycles. The summed E-state index contributed by atoms with van der Waals surface area (Å²) in [6, 6.07) is 14.6. The predicted octanol–water partition coefficient (Wildman–Crippen LogP) is 4.21. The fraction of sp³-hybridized carbons (Fsp3) is 0.360. The van der Waals surface area contributed by atoms with Crippen LogP contribution in [-0.4, -0.2) is 60.3 Å². The summed E-state index contributed by atoms with van der Waals surface area (Å²) in [5, 5.41) is 13.6. The van der Waals surface area contributed by atoms with Crippen LogP contribution >= 0.6 is 11.3 Å². The molecule has 0 saturated carbocycles. The summed E-state index contributed by atoms with van der Waals surface area (Å²) in [5.41, 5.74) is 2.08. The van der Waals surface area contributed by atoms with E-state index in [1.807, 2.05) is 24.3 Å². The van der Waals surface area contributed by atoms with Crippen molar-refractivity contribution in [2.45, 2.75) is 25.7 Å². The second kappa shape index (κ2) is 11.2. The Balaban J connectivity index is 1.27. The number of methoxy groups -OCH3 is 1. The summed E-state index contributed by atoms with van der Waals surface area (Å²) in [6.07, 6.45) is 1.87. The number of hydrogen-bond acceptors (Lipinski definition) is 8. The van der Waals surface area contributed by atoms with Gasteiger partial charge in [0, 0.05) is 11.6 Å². The molecular weight excluding hydrogens is 452 g/mol. The number of nitrogens with zero attached hydrogens (tertiary/aromatic N) is 3. The standard InChI is InChI=1S/C25H28N4O4S/c1-3-33-25(31)18-8-10-19(11-9-18)26-22(30)16-29-14-12-17(13-15-29)23-27-28-24(34-23)20-6-4-5-7-21(20)32-2/h4-11,17H,3,12-16H2,1-2H3,(H,26,30). The number of rotatable bonds is 8. The molecule has 178 valence electrons. The fourth-order valence-electron chi connectivity index (χ4n) is 3.98. The molecule has 0 radical (unpaired) electrons. The topological polar surface area (TPSA) is 93.7 Å². The van der Waals surface area contributed by atoms with Crippen molar-refractivity contribution in [3.63, 3.8) is 0 Å². The largest absolute Gasteiger partial charge is 0.496 e. The highest BCUT2D eigenvalue weighted by Gasteiger charge is 2.25. The number of piperidine rings is 1. The summed E-state index contributed by atoms with van der Waals surface area (Å²) < 4.78 is 10.4. The maximum atomic E-state index is 12.5. The summed E-state index contributed by atoms with van der Waals surface area (Å²) >= 11 is 1.61. The molecule has 1 amide bonds. The molecule has 1 saturated heterocycles. The van der Waals surface area contributed by atoms with Crippen LogP contribution in [0, 0.1) is 0 Å². The molecule has 9 heteroatoms. The Hall–Kier alpha value is -3.30. The molecule has 1 fully saturated rings. The van der Waals surface area contributed by atoms with Crippen molar-refractivity contribution in [2.75, 3.05) is 38.7 Å². The zero-order valence-corrected chi connectivity index (χ0v) is 20.1. The van der Waals surface area contributed by atoms with Gasteiger partial charge in [-0.05, 0) is 69.3 Å². The Morgan fingerprint density at radius 2 is 1.82 bits per heavy atom. The minimum Gasteiger partial charge on any atom is -0.496 e. The Labute approximate surface area is 202 Å². The molecule has 8 nitrogen and oxygen atoms in total. The number of anilines is 1. The molecule has 0 spiro atoms. The van der Waals surface area contributed by atoms with Gasteiger partial charge in [-0.3, -0.25) is 9.69 Å². The molecule has 0 bridgehead atoms. The lowest BCUT2D eigenvalue weighted by molar-refractivity contribution is -0.117. The number of carbonyl (C=O) groups excluding carboxylic acids is 2. The van der Waals surface area contributed by atoms with Gasteiger partial charge in [0.1, 0.15) is 10.8 Å². The molecule has 1 aliphatic rings. The van der Waals surface area contributed by atoms with Crippen LogP contribution in [0.5, 0.6) is 5.75 Å². The van der Waals surface area contributed by atoms with E-state index in [-0.39, 0.29) is 11.9 Å². The lowest BCUT2D eigenvalue weighted by atomic mass is 9.98. The summed E-state index contributed by atoms with van der Waals surface area (Å²) in [7, 11) is 1.66. The molecule has 1 aromatic heterocycles. The third-order valence-corrected chi connectivity index (χ3v) is 6.88. The number of nitrogens with one attached hydrogen (secondary N) is 1. The summed E-state index contributed by atoms with van der Waals surface area (Å²) in [4.78, 5) is 26.4. The maximum absolute atomic E-state index is 12.5. The van der Waals surface area contributed by atoms with E-state index in [1.165, 1.54) is 0 Å². The third-order valence-electron chi connectivity index (χ3n) is 5.76. The molecule has 0 atom stereocenters. The van der Waals surface area contributed by atoms with Crippen LogP contribution < -0.4 is 10.1 Å². The molecule has 4 rings (SSSR count). The molecule has 3 aromatic rings. The quantitative estimate of drug-likeness (QED) is 0.483. The third kappa shape index (κ3) is 5.78. The molecule has 1 N–H and O–H groups in total. The average molecular weight is 481 g/mol. The van der Waals surface area contributed by atoms with Gasteiger partial charge in [-0.1, -0.05) is 23.5 Å². The number of hydrogen-bond donors (Lipinski definition) is 1. The number of likely N-dealkylation sites (tertiary alicyclic amines) is 1. The van der Waals surface area contributed by atoms with E-state index in [4.69, 9.17) is 9.47 Å². The first-order chi connectivity index (χ1) is 16.6. The second-order valence-electron chi connectivity index (χ2n) is 8.04. The smallest absolute Gasteiger partial charge is 0.338 e. The zero-order chi connectivity index (χ0) is 23.9. The van der Waals surface area contributed by atoms with Crippen molar-refractivity contribution >= 4 is 28.9 Å². The molecule has 2 heterocycles.